The van der Waals surface area contributed by atoms with E-state index in [-0.39, 0.29) is 29.9 Å². The number of benzene rings is 1. The zero-order valence-corrected chi connectivity index (χ0v) is 13.1. The Bertz CT molecular complexity index is 700. The second-order valence-corrected chi connectivity index (χ2v) is 5.33. The third-order valence-corrected chi connectivity index (χ3v) is 3.62. The molecule has 23 heavy (non-hydrogen) atoms. The van der Waals surface area contributed by atoms with Crippen molar-refractivity contribution in [2.45, 2.75) is 32.7 Å². The maximum atomic E-state index is 13.2. The number of aromatic hydroxyl groups is 1. The number of nitrogens with one attached hydrogen (secondary N) is 1. The van der Waals surface area contributed by atoms with Crippen LogP contribution in [0.3, 0.4) is 0 Å². The van der Waals surface area contributed by atoms with Crippen LogP contribution in [0.15, 0.2) is 24.4 Å². The van der Waals surface area contributed by atoms with E-state index in [0.29, 0.717) is 24.1 Å². The van der Waals surface area contributed by atoms with Crippen molar-refractivity contribution in [2.75, 3.05) is 6.61 Å². The van der Waals surface area contributed by atoms with Crippen molar-refractivity contribution in [1.82, 2.24) is 15.1 Å². The van der Waals surface area contributed by atoms with Crippen LogP contribution in [0.5, 0.6) is 5.75 Å². The number of aryl methyl sites for hydroxylation is 1. The first-order valence-corrected chi connectivity index (χ1v) is 7.43. The minimum Gasteiger partial charge on any atom is -0.504 e. The Balaban J connectivity index is 2.25. The van der Waals surface area contributed by atoms with Gasteiger partial charge >= 0.3 is 0 Å². The number of carbonyl (C=O) groups is 1. The summed E-state index contributed by atoms with van der Waals surface area (Å²) in [6.45, 7) is 3.57. The quantitative estimate of drug-likeness (QED) is 0.758. The molecule has 0 bridgehead atoms. The molecule has 1 aromatic heterocycles. The van der Waals surface area contributed by atoms with Crippen LogP contribution in [0.25, 0.3) is 5.69 Å². The molecule has 0 saturated carbocycles. The van der Waals surface area contributed by atoms with E-state index in [1.54, 1.807) is 6.92 Å². The topological polar surface area (TPSA) is 87.4 Å². The van der Waals surface area contributed by atoms with Gasteiger partial charge in [0.1, 0.15) is 5.82 Å². The summed E-state index contributed by atoms with van der Waals surface area (Å²) in [4.78, 5) is 12.2. The standard InChI is InChI=1S/C16H20FN3O3/c1-3-12(6-7-21)18-16(23)15-14(22)9-20(19-15)13-5-4-11(17)8-10(13)2/h4-5,8-9,12,21-22H,3,6-7H2,1-2H3,(H,18,23). The lowest BCUT2D eigenvalue weighted by Crippen LogP contribution is -2.35. The van der Waals surface area contributed by atoms with Crippen LogP contribution in [0, 0.1) is 12.7 Å². The molecule has 0 radical (unpaired) electrons. The Labute approximate surface area is 133 Å². The van der Waals surface area contributed by atoms with Gasteiger partial charge in [0.05, 0.1) is 11.9 Å². The number of aromatic nitrogens is 2. The fourth-order valence-corrected chi connectivity index (χ4v) is 2.31. The lowest BCUT2D eigenvalue weighted by Gasteiger charge is -2.14. The number of aliphatic hydroxyl groups is 1. The summed E-state index contributed by atoms with van der Waals surface area (Å²) in [5.41, 5.74) is 1.10. The molecule has 0 aliphatic carbocycles. The molecule has 2 rings (SSSR count). The second kappa shape index (κ2) is 7.23. The average Bonchev–Trinajstić information content (AvgIpc) is 2.88. The van der Waals surface area contributed by atoms with Crippen LogP contribution >= 0.6 is 0 Å². The van der Waals surface area contributed by atoms with Crippen molar-refractivity contribution in [2.24, 2.45) is 0 Å². The Morgan fingerprint density at radius 1 is 1.48 bits per heavy atom. The molecule has 0 fully saturated rings. The summed E-state index contributed by atoms with van der Waals surface area (Å²) in [6.07, 6.45) is 2.40. The number of amides is 1. The van der Waals surface area contributed by atoms with Gasteiger partial charge in [0.15, 0.2) is 11.4 Å². The van der Waals surface area contributed by atoms with Crippen molar-refractivity contribution in [3.05, 3.63) is 41.5 Å². The molecular weight excluding hydrogens is 301 g/mol. The first-order valence-electron chi connectivity index (χ1n) is 7.43. The number of nitrogens with zero attached hydrogens (tertiary/aromatic N) is 2. The van der Waals surface area contributed by atoms with Crippen molar-refractivity contribution in [3.8, 4) is 11.4 Å². The Kier molecular flexibility index (Phi) is 5.33. The number of aliphatic hydroxyl groups excluding tert-OH is 1. The van der Waals surface area contributed by atoms with Gasteiger partial charge in [-0.05, 0) is 43.5 Å². The number of carbonyl (C=O) groups excluding carboxylic acids is 1. The van der Waals surface area contributed by atoms with Crippen molar-refractivity contribution in [1.29, 1.82) is 0 Å². The molecular formula is C16H20FN3O3. The normalized spacial score (nSPS) is 12.2. The Hall–Kier alpha value is -2.41. The molecule has 124 valence electrons. The molecule has 1 amide bonds. The van der Waals surface area contributed by atoms with Gasteiger partial charge in [-0.1, -0.05) is 6.92 Å². The van der Waals surface area contributed by atoms with Gasteiger partial charge in [0.25, 0.3) is 5.91 Å². The molecule has 3 N–H and O–H groups in total. The number of hydrogen-bond donors (Lipinski definition) is 3. The van der Waals surface area contributed by atoms with E-state index >= 15 is 0 Å². The van der Waals surface area contributed by atoms with Gasteiger partial charge in [-0.2, -0.15) is 5.10 Å². The first kappa shape index (κ1) is 17.0. The lowest BCUT2D eigenvalue weighted by atomic mass is 10.1. The van der Waals surface area contributed by atoms with Crippen molar-refractivity contribution in [3.63, 3.8) is 0 Å². The van der Waals surface area contributed by atoms with E-state index < -0.39 is 5.91 Å². The van der Waals surface area contributed by atoms with E-state index in [9.17, 15) is 14.3 Å². The summed E-state index contributed by atoms with van der Waals surface area (Å²) >= 11 is 0. The molecule has 1 heterocycles. The Morgan fingerprint density at radius 2 is 2.22 bits per heavy atom. The summed E-state index contributed by atoms with van der Waals surface area (Å²) in [5.74, 6) is -1.14. The van der Waals surface area contributed by atoms with Crippen LogP contribution in [-0.2, 0) is 0 Å². The average molecular weight is 321 g/mol. The molecule has 6 nitrogen and oxygen atoms in total. The van der Waals surface area contributed by atoms with Gasteiger partial charge in [0, 0.05) is 12.6 Å². The molecule has 0 saturated heterocycles. The van der Waals surface area contributed by atoms with Crippen LogP contribution in [-0.4, -0.2) is 38.5 Å². The van der Waals surface area contributed by atoms with Gasteiger partial charge in [-0.25, -0.2) is 9.07 Å². The fraction of sp³-hybridized carbons (Fsp3) is 0.375. The zero-order valence-electron chi connectivity index (χ0n) is 13.1. The highest BCUT2D eigenvalue weighted by atomic mass is 19.1. The minimum atomic E-state index is -0.513. The van der Waals surface area contributed by atoms with Crippen LogP contribution < -0.4 is 5.32 Å². The van der Waals surface area contributed by atoms with E-state index in [1.807, 2.05) is 6.92 Å². The van der Waals surface area contributed by atoms with Gasteiger partial charge in [0.2, 0.25) is 0 Å². The molecule has 1 atom stereocenters. The molecule has 0 spiro atoms. The number of rotatable bonds is 6. The molecule has 0 aliphatic heterocycles. The summed E-state index contributed by atoms with van der Waals surface area (Å²) < 4.78 is 14.5. The Morgan fingerprint density at radius 3 is 2.83 bits per heavy atom. The predicted molar refractivity (Wildman–Crippen MR) is 83.2 cm³/mol. The van der Waals surface area contributed by atoms with Gasteiger partial charge < -0.3 is 15.5 Å². The van der Waals surface area contributed by atoms with Crippen LogP contribution in [0.4, 0.5) is 4.39 Å². The lowest BCUT2D eigenvalue weighted by molar-refractivity contribution is 0.0921. The van der Waals surface area contributed by atoms with Gasteiger partial charge in [-0.15, -0.1) is 0 Å². The maximum Gasteiger partial charge on any atom is 0.275 e. The highest BCUT2D eigenvalue weighted by molar-refractivity contribution is 5.95. The highest BCUT2D eigenvalue weighted by Gasteiger charge is 2.20. The third kappa shape index (κ3) is 3.87. The van der Waals surface area contributed by atoms with Crippen LogP contribution in [0.1, 0.15) is 35.8 Å². The van der Waals surface area contributed by atoms with E-state index in [4.69, 9.17) is 5.11 Å². The highest BCUT2D eigenvalue weighted by Crippen LogP contribution is 2.21. The van der Waals surface area contributed by atoms with E-state index in [1.165, 1.54) is 29.1 Å². The molecule has 1 unspecified atom stereocenters. The number of hydrogen-bond acceptors (Lipinski definition) is 4. The predicted octanol–water partition coefficient (Wildman–Crippen LogP) is 1.92. The molecule has 1 aromatic carbocycles. The van der Waals surface area contributed by atoms with E-state index in [0.717, 1.165) is 0 Å². The largest absolute Gasteiger partial charge is 0.504 e. The zero-order chi connectivity index (χ0) is 17.0. The van der Waals surface area contributed by atoms with Crippen molar-refractivity contribution >= 4 is 5.91 Å². The van der Waals surface area contributed by atoms with Crippen LogP contribution in [0.2, 0.25) is 0 Å². The summed E-state index contributed by atoms with van der Waals surface area (Å²) in [7, 11) is 0. The van der Waals surface area contributed by atoms with E-state index in [2.05, 4.69) is 10.4 Å². The summed E-state index contributed by atoms with van der Waals surface area (Å²) in [5, 5.41) is 25.7. The summed E-state index contributed by atoms with van der Waals surface area (Å²) in [6, 6.07) is 3.97. The molecule has 7 heteroatoms. The molecule has 2 aromatic rings. The minimum absolute atomic E-state index is 0.0337. The second-order valence-electron chi connectivity index (χ2n) is 5.33. The maximum absolute atomic E-state index is 13.2. The fourth-order valence-electron chi connectivity index (χ4n) is 2.31. The third-order valence-electron chi connectivity index (χ3n) is 3.62. The number of halogens is 1. The van der Waals surface area contributed by atoms with Crippen molar-refractivity contribution < 1.29 is 19.4 Å². The smallest absolute Gasteiger partial charge is 0.275 e. The SMILES string of the molecule is CCC(CCO)NC(=O)c1nn(-c2ccc(F)cc2C)cc1O. The first-order chi connectivity index (χ1) is 11.0. The molecule has 0 aliphatic rings. The van der Waals surface area contributed by atoms with Gasteiger partial charge in [-0.3, -0.25) is 4.79 Å². The monoisotopic (exact) mass is 321 g/mol.